The summed E-state index contributed by atoms with van der Waals surface area (Å²) in [5.41, 5.74) is -1.33. The zero-order valence-electron chi connectivity index (χ0n) is 33.3. The summed E-state index contributed by atoms with van der Waals surface area (Å²) in [5, 5.41) is 14.2. The van der Waals surface area contributed by atoms with Crippen molar-refractivity contribution in [3.8, 4) is 11.5 Å². The first-order valence-corrected chi connectivity index (χ1v) is 18.1. The first-order valence-electron chi connectivity index (χ1n) is 18.1. The van der Waals surface area contributed by atoms with Gasteiger partial charge in [-0.05, 0) is 19.9 Å². The molecule has 2 N–H and O–H groups in total. The number of fused-ring (bicyclic) bond motifs is 14. The van der Waals surface area contributed by atoms with Gasteiger partial charge in [0.2, 0.25) is 5.78 Å². The van der Waals surface area contributed by atoms with Gasteiger partial charge in [-0.2, -0.15) is 0 Å². The molecule has 15 nitrogen and oxygen atoms in total. The molecule has 4 aliphatic rings. The van der Waals surface area contributed by atoms with Gasteiger partial charge in [-0.25, -0.2) is 0 Å². The number of esters is 3. The molecular weight excluding hydrogens is 730 g/mol. The zero-order chi connectivity index (χ0) is 42.0. The van der Waals surface area contributed by atoms with Crippen molar-refractivity contribution < 1.29 is 67.1 Å². The molecule has 302 valence electrons. The van der Waals surface area contributed by atoms with Gasteiger partial charge in [0.15, 0.2) is 5.78 Å². The summed E-state index contributed by atoms with van der Waals surface area (Å²) in [4.78, 5) is 92.2. The van der Waals surface area contributed by atoms with Gasteiger partial charge in [-0.1, -0.05) is 45.9 Å². The van der Waals surface area contributed by atoms with Crippen LogP contribution in [0.2, 0.25) is 0 Å². The number of rotatable bonds is 4. The Morgan fingerprint density at radius 2 is 1.45 bits per heavy atom. The number of Topliss-reactive ketones (excluding diaryl/α,β-unsaturated/α-hetero) is 2. The Morgan fingerprint density at radius 1 is 0.839 bits per heavy atom. The van der Waals surface area contributed by atoms with Gasteiger partial charge in [0.05, 0.1) is 40.9 Å². The average molecular weight is 780 g/mol. The molecule has 5 rings (SSSR count). The van der Waals surface area contributed by atoms with E-state index < -0.39 is 106 Å². The molecule has 56 heavy (non-hydrogen) atoms. The van der Waals surface area contributed by atoms with Crippen LogP contribution in [0, 0.1) is 30.6 Å². The smallest absolute Gasteiger partial charge is 0.312 e. The summed E-state index contributed by atoms with van der Waals surface area (Å²) in [5.74, 6) is -10.5. The van der Waals surface area contributed by atoms with E-state index in [1.807, 2.05) is 0 Å². The van der Waals surface area contributed by atoms with Crippen molar-refractivity contribution in [1.82, 2.24) is 5.32 Å². The van der Waals surface area contributed by atoms with Crippen molar-refractivity contribution in [2.45, 2.75) is 99.4 Å². The minimum absolute atomic E-state index is 0.0506. The lowest BCUT2D eigenvalue weighted by molar-refractivity contribution is -0.164. The number of amides is 1. The molecule has 0 spiro atoms. The zero-order valence-corrected chi connectivity index (χ0v) is 33.3. The van der Waals surface area contributed by atoms with Crippen molar-refractivity contribution in [2.24, 2.45) is 23.7 Å². The van der Waals surface area contributed by atoms with Crippen molar-refractivity contribution in [2.75, 3.05) is 7.11 Å². The minimum Gasteiger partial charge on any atom is -0.462 e. The molecule has 1 aromatic rings. The van der Waals surface area contributed by atoms with Crippen LogP contribution in [0.3, 0.4) is 0 Å². The Labute approximate surface area is 325 Å². The van der Waals surface area contributed by atoms with E-state index in [0.717, 1.165) is 19.3 Å². The number of carbonyl (C=O) groups excluding carboxylic acids is 7. The van der Waals surface area contributed by atoms with E-state index >= 15 is 0 Å². The average Bonchev–Trinajstić information content (AvgIpc) is 3.38. The van der Waals surface area contributed by atoms with Gasteiger partial charge in [-0.15, -0.1) is 0 Å². The van der Waals surface area contributed by atoms with Gasteiger partial charge in [0.25, 0.3) is 11.7 Å². The standard InChI is InChI=1S/C41H49NO14/c1-18-13-12-14-19(2)40(50)42-27-17-28(46)30-31(34(27)48)37(55-26(9)45)23(6)38-32(30)39(49)41(10,56-38)52-16-15-29(51-11)20(3)36(54-25(8)44)22(5)33(47)21(4)35(18)53-24(7)43/h12-18,20-22,29,33,35-36,47H,1-11H3,(H,42,50)/t18-,20+,21+,22-,29+,33-,35-,36+,41-/m0/s1. The molecule has 3 heterocycles. The van der Waals surface area contributed by atoms with E-state index in [4.69, 9.17) is 28.4 Å². The van der Waals surface area contributed by atoms with Crippen LogP contribution in [0.1, 0.15) is 99.0 Å². The minimum atomic E-state index is -2.09. The highest BCUT2D eigenvalue weighted by Crippen LogP contribution is 2.48. The maximum absolute atomic E-state index is 14.1. The van der Waals surface area contributed by atoms with Gasteiger partial charge < -0.3 is 38.8 Å². The lowest BCUT2D eigenvalue weighted by Crippen LogP contribution is -2.47. The number of ketones is 3. The van der Waals surface area contributed by atoms with E-state index in [-0.39, 0.29) is 33.8 Å². The highest BCUT2D eigenvalue weighted by atomic mass is 16.7. The van der Waals surface area contributed by atoms with E-state index in [0.29, 0.717) is 0 Å². The predicted molar refractivity (Wildman–Crippen MR) is 198 cm³/mol. The van der Waals surface area contributed by atoms with E-state index in [1.54, 1.807) is 39.8 Å². The third kappa shape index (κ3) is 8.68. The highest BCUT2D eigenvalue weighted by molar-refractivity contribution is 6.31. The Kier molecular flexibility index (Phi) is 13.3. The monoisotopic (exact) mass is 779 g/mol. The molecule has 15 heteroatoms. The van der Waals surface area contributed by atoms with Crippen LogP contribution in [0.25, 0.3) is 0 Å². The second-order valence-corrected chi connectivity index (χ2v) is 14.5. The van der Waals surface area contributed by atoms with Gasteiger partial charge in [0, 0.05) is 75.7 Å². The summed E-state index contributed by atoms with van der Waals surface area (Å²) in [6, 6.07) is 0. The Morgan fingerprint density at radius 3 is 2.04 bits per heavy atom. The van der Waals surface area contributed by atoms with Gasteiger partial charge in [-0.3, -0.25) is 33.6 Å². The van der Waals surface area contributed by atoms with Crippen LogP contribution in [0.5, 0.6) is 11.5 Å². The number of allylic oxidation sites excluding steroid dienone is 4. The topological polar surface area (TPSA) is 207 Å². The summed E-state index contributed by atoms with van der Waals surface area (Å²) < 4.78 is 34.5. The Bertz CT molecular complexity index is 1960. The van der Waals surface area contributed by atoms with Crippen molar-refractivity contribution >= 4 is 41.2 Å². The molecule has 1 aromatic carbocycles. The van der Waals surface area contributed by atoms with Crippen LogP contribution in [0.15, 0.2) is 47.9 Å². The maximum atomic E-state index is 14.1. The number of hydrogen-bond donors (Lipinski definition) is 2. The molecule has 1 aliphatic carbocycles. The highest BCUT2D eigenvalue weighted by Gasteiger charge is 2.52. The first-order chi connectivity index (χ1) is 26.1. The fraction of sp³-hybridized carbons (Fsp3) is 0.488. The molecule has 0 fully saturated rings. The predicted octanol–water partition coefficient (Wildman–Crippen LogP) is 4.42. The second kappa shape index (κ2) is 17.2. The SMILES string of the molecule is CO[C@@H]1C=CO[C@@]2(C)Oc3c(C)c(OC(C)=O)c4c(c3C2=O)C(=O)C=C(NC(=O)C(C)=CC=C[C@H](C)[C@H](OC(C)=O)[C@H](C)[C@H](O)[C@H](C)[C@H](OC(C)=O)[C@@H]1C)C4=O. The van der Waals surface area contributed by atoms with E-state index in [1.165, 1.54) is 53.9 Å². The molecule has 0 saturated heterocycles. The van der Waals surface area contributed by atoms with Crippen LogP contribution < -0.4 is 14.8 Å². The van der Waals surface area contributed by atoms with Crippen LogP contribution in [-0.4, -0.2) is 83.6 Å². The molecule has 0 saturated carbocycles. The molecule has 0 radical (unpaired) electrons. The number of carbonyl (C=O) groups is 7. The first kappa shape index (κ1) is 43.3. The number of hydrogen-bond acceptors (Lipinski definition) is 14. The molecule has 0 unspecified atom stereocenters. The molecule has 3 aliphatic heterocycles. The molecule has 1 amide bonds. The van der Waals surface area contributed by atoms with Crippen LogP contribution in [0.4, 0.5) is 0 Å². The normalized spacial score (nSPS) is 29.7. The lowest BCUT2D eigenvalue weighted by atomic mass is 9.78. The largest absolute Gasteiger partial charge is 0.462 e. The van der Waals surface area contributed by atoms with Crippen LogP contribution in [-0.2, 0) is 38.1 Å². The van der Waals surface area contributed by atoms with E-state index in [2.05, 4.69) is 5.32 Å². The third-order valence-electron chi connectivity index (χ3n) is 10.3. The number of nitrogens with one attached hydrogen (secondary N) is 1. The number of benzene rings is 1. The lowest BCUT2D eigenvalue weighted by Gasteiger charge is -2.38. The number of ether oxygens (including phenoxy) is 6. The number of aliphatic hydroxyl groups is 1. The van der Waals surface area contributed by atoms with Crippen molar-refractivity contribution in [3.05, 3.63) is 70.2 Å². The number of methoxy groups -OCH3 is 1. The summed E-state index contributed by atoms with van der Waals surface area (Å²) >= 11 is 0. The Hall–Kier alpha value is -5.41. The van der Waals surface area contributed by atoms with Crippen LogP contribution >= 0.6 is 0 Å². The van der Waals surface area contributed by atoms with Gasteiger partial charge >= 0.3 is 23.7 Å². The molecular formula is C41H49NO14. The summed E-state index contributed by atoms with van der Waals surface area (Å²) in [7, 11) is 1.41. The van der Waals surface area contributed by atoms with Crippen molar-refractivity contribution in [1.29, 1.82) is 0 Å². The van der Waals surface area contributed by atoms with E-state index in [9.17, 15) is 38.7 Å². The Balaban J connectivity index is 1.90. The van der Waals surface area contributed by atoms with Gasteiger partial charge in [0.1, 0.15) is 23.7 Å². The summed E-state index contributed by atoms with van der Waals surface area (Å²) in [6.07, 6.45) is 4.32. The fourth-order valence-corrected chi connectivity index (χ4v) is 7.27. The van der Waals surface area contributed by atoms with Crippen molar-refractivity contribution in [3.63, 3.8) is 0 Å². The fourth-order valence-electron chi connectivity index (χ4n) is 7.27. The molecule has 9 atom stereocenters. The number of aliphatic hydroxyl groups excluding tert-OH is 1. The third-order valence-corrected chi connectivity index (χ3v) is 10.3. The quantitative estimate of drug-likeness (QED) is 0.321. The summed E-state index contributed by atoms with van der Waals surface area (Å²) in [6.45, 7) is 14.7. The molecule has 0 aromatic heterocycles. The maximum Gasteiger partial charge on any atom is 0.312 e. The second-order valence-electron chi connectivity index (χ2n) is 14.5. The molecule has 5 bridgehead atoms.